The number of amides is 2. The van der Waals surface area contributed by atoms with Crippen LogP contribution in [0.5, 0.6) is 23.0 Å². The van der Waals surface area contributed by atoms with Gasteiger partial charge in [0, 0.05) is 18.8 Å². The van der Waals surface area contributed by atoms with E-state index in [1.54, 1.807) is 67.7 Å². The number of likely N-dealkylation sites (N-methyl/N-ethyl adjacent to an activating group) is 1. The zero-order chi connectivity index (χ0) is 25.1. The molecule has 3 aromatic rings. The lowest BCUT2D eigenvalue weighted by molar-refractivity contribution is -0.119. The lowest BCUT2D eigenvalue weighted by Gasteiger charge is -2.40. The molecule has 2 aromatic carbocycles. The van der Waals surface area contributed by atoms with Crippen LogP contribution in [0.4, 0.5) is 5.82 Å². The quantitative estimate of drug-likeness (QED) is 0.554. The third-order valence-corrected chi connectivity index (χ3v) is 6.12. The fourth-order valence-corrected chi connectivity index (χ4v) is 4.43. The first kappa shape index (κ1) is 23.9. The van der Waals surface area contributed by atoms with Crippen LogP contribution >= 0.6 is 0 Å². The third-order valence-electron chi connectivity index (χ3n) is 6.12. The second kappa shape index (κ2) is 9.92. The van der Waals surface area contributed by atoms with Gasteiger partial charge >= 0.3 is 0 Å². The molecule has 9 nitrogen and oxygen atoms in total. The van der Waals surface area contributed by atoms with Gasteiger partial charge in [0.1, 0.15) is 5.82 Å². The Morgan fingerprint density at radius 3 is 2.17 bits per heavy atom. The summed E-state index contributed by atoms with van der Waals surface area (Å²) >= 11 is 0. The second-order valence-corrected chi connectivity index (χ2v) is 7.95. The molecule has 0 saturated carbocycles. The zero-order valence-electron chi connectivity index (χ0n) is 20.2. The normalized spacial score (nSPS) is 16.8. The molecule has 2 heterocycles. The van der Waals surface area contributed by atoms with E-state index in [4.69, 9.17) is 18.9 Å². The monoisotopic (exact) mass is 477 g/mol. The number of anilines is 1. The number of ether oxygens (including phenoxy) is 4. The van der Waals surface area contributed by atoms with E-state index in [0.717, 1.165) is 0 Å². The van der Waals surface area contributed by atoms with Crippen molar-refractivity contribution in [2.75, 3.05) is 40.8 Å². The Balaban J connectivity index is 1.90. The van der Waals surface area contributed by atoms with Crippen molar-refractivity contribution in [1.82, 2.24) is 9.88 Å². The van der Waals surface area contributed by atoms with Gasteiger partial charge in [0.15, 0.2) is 23.0 Å². The SMILES string of the molecule is COc1ccc([C@H]2[C@H](C(=O)Nc3ccccn3)c3cc(OC)c(OC)cc3C(=O)N2C)cc1OC. The third kappa shape index (κ3) is 4.32. The molecule has 0 aliphatic carbocycles. The smallest absolute Gasteiger partial charge is 0.254 e. The van der Waals surface area contributed by atoms with E-state index in [9.17, 15) is 9.59 Å². The first-order valence-electron chi connectivity index (χ1n) is 10.9. The second-order valence-electron chi connectivity index (χ2n) is 7.95. The van der Waals surface area contributed by atoms with Crippen molar-refractivity contribution in [3.05, 3.63) is 71.4 Å². The number of methoxy groups -OCH3 is 4. The predicted octanol–water partition coefficient (Wildman–Crippen LogP) is 3.67. The molecular weight excluding hydrogens is 450 g/mol. The summed E-state index contributed by atoms with van der Waals surface area (Å²) in [5, 5.41) is 2.89. The molecule has 35 heavy (non-hydrogen) atoms. The van der Waals surface area contributed by atoms with Gasteiger partial charge in [0.05, 0.1) is 40.4 Å². The number of nitrogens with zero attached hydrogens (tertiary/aromatic N) is 2. The van der Waals surface area contributed by atoms with Gasteiger partial charge in [-0.25, -0.2) is 4.98 Å². The van der Waals surface area contributed by atoms with Crippen molar-refractivity contribution >= 4 is 17.6 Å². The van der Waals surface area contributed by atoms with Gasteiger partial charge in [-0.1, -0.05) is 12.1 Å². The lowest BCUT2D eigenvalue weighted by atomic mass is 9.79. The van der Waals surface area contributed by atoms with E-state index in [-0.39, 0.29) is 11.8 Å². The number of rotatable bonds is 7. The molecule has 0 unspecified atom stereocenters. The molecule has 2 amide bonds. The van der Waals surface area contributed by atoms with Gasteiger partial charge in [-0.05, 0) is 47.5 Å². The minimum atomic E-state index is -0.785. The first-order chi connectivity index (χ1) is 16.9. The van der Waals surface area contributed by atoms with Crippen LogP contribution in [0.25, 0.3) is 0 Å². The van der Waals surface area contributed by atoms with Gasteiger partial charge in [-0.3, -0.25) is 9.59 Å². The zero-order valence-corrected chi connectivity index (χ0v) is 20.2. The van der Waals surface area contributed by atoms with E-state index in [1.807, 2.05) is 6.07 Å². The van der Waals surface area contributed by atoms with Crippen molar-refractivity contribution in [3.63, 3.8) is 0 Å². The highest BCUT2D eigenvalue weighted by Gasteiger charge is 2.44. The molecule has 9 heteroatoms. The molecule has 0 spiro atoms. The number of hydrogen-bond acceptors (Lipinski definition) is 7. The maximum absolute atomic E-state index is 13.8. The largest absolute Gasteiger partial charge is 0.493 e. The molecule has 1 aliphatic rings. The van der Waals surface area contributed by atoms with Crippen molar-refractivity contribution in [2.45, 2.75) is 12.0 Å². The van der Waals surface area contributed by atoms with E-state index in [2.05, 4.69) is 10.3 Å². The Kier molecular flexibility index (Phi) is 6.77. The molecule has 0 bridgehead atoms. The lowest BCUT2D eigenvalue weighted by Crippen LogP contribution is -2.44. The minimum Gasteiger partial charge on any atom is -0.493 e. The topological polar surface area (TPSA) is 99.2 Å². The van der Waals surface area contributed by atoms with E-state index >= 15 is 0 Å². The molecular formula is C26H27N3O6. The van der Waals surface area contributed by atoms with Crippen LogP contribution in [0.2, 0.25) is 0 Å². The number of benzene rings is 2. The summed E-state index contributed by atoms with van der Waals surface area (Å²) in [4.78, 5) is 33.1. The summed E-state index contributed by atoms with van der Waals surface area (Å²) in [5.41, 5.74) is 1.60. The van der Waals surface area contributed by atoms with Gasteiger partial charge in [-0.2, -0.15) is 0 Å². The summed E-state index contributed by atoms with van der Waals surface area (Å²) in [5.74, 6) is 0.915. The number of fused-ring (bicyclic) bond motifs is 1. The molecule has 1 aromatic heterocycles. The predicted molar refractivity (Wildman–Crippen MR) is 130 cm³/mol. The molecule has 2 atom stereocenters. The highest BCUT2D eigenvalue weighted by Crippen LogP contribution is 2.47. The van der Waals surface area contributed by atoms with Crippen LogP contribution in [-0.4, -0.2) is 57.2 Å². The number of carbonyl (C=O) groups is 2. The van der Waals surface area contributed by atoms with Crippen LogP contribution < -0.4 is 24.3 Å². The van der Waals surface area contributed by atoms with Crippen LogP contribution in [0.15, 0.2) is 54.7 Å². The minimum absolute atomic E-state index is 0.248. The number of pyridine rings is 1. The molecule has 1 N–H and O–H groups in total. The Labute approximate surface area is 203 Å². The van der Waals surface area contributed by atoms with Crippen molar-refractivity contribution in [3.8, 4) is 23.0 Å². The van der Waals surface area contributed by atoms with Crippen LogP contribution in [0.1, 0.15) is 33.4 Å². The van der Waals surface area contributed by atoms with Gasteiger partial charge < -0.3 is 29.2 Å². The fraction of sp³-hybridized carbons (Fsp3) is 0.269. The van der Waals surface area contributed by atoms with E-state index in [0.29, 0.717) is 45.5 Å². The van der Waals surface area contributed by atoms with Crippen LogP contribution in [-0.2, 0) is 4.79 Å². The Morgan fingerprint density at radius 2 is 1.54 bits per heavy atom. The number of carbonyl (C=O) groups excluding carboxylic acids is 2. The number of nitrogens with one attached hydrogen (secondary N) is 1. The van der Waals surface area contributed by atoms with Crippen LogP contribution in [0, 0.1) is 0 Å². The number of hydrogen-bond donors (Lipinski definition) is 1. The van der Waals surface area contributed by atoms with Crippen LogP contribution in [0.3, 0.4) is 0 Å². The standard InChI is InChI=1S/C26H27N3O6/c1-29-24(15-9-10-18(32-2)19(12-15)33-3)23(25(30)28-22-8-6-7-11-27-22)16-13-20(34-4)21(35-5)14-17(16)26(29)31/h6-14,23-24H,1-5H3,(H,27,28,30)/t23-,24+/m1/s1. The maximum atomic E-state index is 13.8. The molecule has 0 saturated heterocycles. The van der Waals surface area contributed by atoms with Gasteiger partial charge in [-0.15, -0.1) is 0 Å². The molecule has 0 fully saturated rings. The van der Waals surface area contributed by atoms with E-state index in [1.165, 1.54) is 21.3 Å². The summed E-state index contributed by atoms with van der Waals surface area (Å²) in [6, 6.07) is 13.3. The summed E-state index contributed by atoms with van der Waals surface area (Å²) in [6.45, 7) is 0. The summed E-state index contributed by atoms with van der Waals surface area (Å²) in [6.07, 6.45) is 1.60. The molecule has 182 valence electrons. The van der Waals surface area contributed by atoms with Gasteiger partial charge in [0.2, 0.25) is 5.91 Å². The first-order valence-corrected chi connectivity index (χ1v) is 10.9. The van der Waals surface area contributed by atoms with E-state index < -0.39 is 12.0 Å². The average molecular weight is 478 g/mol. The average Bonchev–Trinajstić information content (AvgIpc) is 2.89. The highest BCUT2D eigenvalue weighted by molar-refractivity contribution is 6.04. The highest BCUT2D eigenvalue weighted by atomic mass is 16.5. The van der Waals surface area contributed by atoms with Crippen molar-refractivity contribution in [1.29, 1.82) is 0 Å². The molecule has 4 rings (SSSR count). The molecule has 0 radical (unpaired) electrons. The number of aromatic nitrogens is 1. The summed E-state index contributed by atoms with van der Waals surface area (Å²) in [7, 11) is 7.76. The van der Waals surface area contributed by atoms with Crippen molar-refractivity contribution < 1.29 is 28.5 Å². The Morgan fingerprint density at radius 1 is 0.886 bits per heavy atom. The Bertz CT molecular complexity index is 1250. The maximum Gasteiger partial charge on any atom is 0.254 e. The fourth-order valence-electron chi connectivity index (χ4n) is 4.43. The molecule has 1 aliphatic heterocycles. The van der Waals surface area contributed by atoms with Crippen molar-refractivity contribution in [2.24, 2.45) is 0 Å². The Hall–Kier alpha value is -4.27. The summed E-state index contributed by atoms with van der Waals surface area (Å²) < 4.78 is 21.7. The van der Waals surface area contributed by atoms with Gasteiger partial charge in [0.25, 0.3) is 5.91 Å².